The van der Waals surface area contributed by atoms with Gasteiger partial charge in [0.05, 0.1) is 0 Å². The van der Waals surface area contributed by atoms with Gasteiger partial charge in [0.2, 0.25) is 0 Å². The summed E-state index contributed by atoms with van der Waals surface area (Å²) in [4.78, 5) is 0. The molecule has 0 aliphatic rings. The van der Waals surface area contributed by atoms with Gasteiger partial charge in [0.1, 0.15) is 0 Å². The topological polar surface area (TPSA) is 23.1 Å². The average Bonchev–Trinajstić information content (AvgIpc) is 1.97. The second-order valence-corrected chi connectivity index (χ2v) is 2.91. The summed E-state index contributed by atoms with van der Waals surface area (Å²) >= 11 is 0. The van der Waals surface area contributed by atoms with Gasteiger partial charge in [0.25, 0.3) is 0 Å². The van der Waals surface area contributed by atoms with Crippen LogP contribution in [-0.4, -0.2) is 6.92 Å². The third kappa shape index (κ3) is 11.0. The summed E-state index contributed by atoms with van der Waals surface area (Å²) in [6.45, 7) is 3.99. The third-order valence-corrected chi connectivity index (χ3v) is 1.76. The Hall–Kier alpha value is 1.02. The molecule has 0 saturated heterocycles. The van der Waals surface area contributed by atoms with Crippen molar-refractivity contribution >= 4 is 6.92 Å². The van der Waals surface area contributed by atoms with E-state index in [4.69, 9.17) is 0 Å². The zero-order chi connectivity index (χ0) is 7.82. The Kier molecular flexibility index (Phi) is 14.6. The predicted octanol–water partition coefficient (Wildman–Crippen LogP) is -1.06. The van der Waals surface area contributed by atoms with Crippen molar-refractivity contribution < 1.29 is 34.6 Å². The van der Waals surface area contributed by atoms with Crippen molar-refractivity contribution in [1.29, 1.82) is 0 Å². The summed E-state index contributed by atoms with van der Waals surface area (Å²) in [7, 11) is 0. The molecule has 0 amide bonds. The number of hydrogen-bond acceptors (Lipinski definition) is 1. The van der Waals surface area contributed by atoms with E-state index in [1.807, 2.05) is 0 Å². The Bertz CT molecular complexity index is 63.1. The Labute approximate surface area is 93.4 Å². The monoisotopic (exact) mass is 164 g/mol. The van der Waals surface area contributed by atoms with Gasteiger partial charge in [-0.05, 0) is 0 Å². The molecule has 0 aliphatic carbocycles. The van der Waals surface area contributed by atoms with Crippen LogP contribution in [0.4, 0.5) is 0 Å². The van der Waals surface area contributed by atoms with Gasteiger partial charge >= 0.3 is 29.6 Å². The van der Waals surface area contributed by atoms with Crippen LogP contribution < -0.4 is 34.6 Å². The fourth-order valence-electron chi connectivity index (χ4n) is 1.01. The average molecular weight is 164 g/mol. The van der Waals surface area contributed by atoms with E-state index in [1.54, 1.807) is 0 Å². The van der Waals surface area contributed by atoms with E-state index in [9.17, 15) is 5.02 Å². The van der Waals surface area contributed by atoms with Gasteiger partial charge in [-0.1, -0.05) is 52.2 Å². The summed E-state index contributed by atoms with van der Waals surface area (Å²) in [5, 5.41) is 11.0. The van der Waals surface area contributed by atoms with Gasteiger partial charge in [0.15, 0.2) is 0 Å². The normalized spacial score (nSPS) is 9.00. The van der Waals surface area contributed by atoms with Gasteiger partial charge in [-0.3, -0.25) is 0 Å². The van der Waals surface area contributed by atoms with Crippen molar-refractivity contribution in [3.63, 3.8) is 0 Å². The van der Waals surface area contributed by atoms with Crippen LogP contribution in [0, 0.1) is 0 Å². The number of rotatable bonds is 6. The van der Waals surface area contributed by atoms with Crippen LogP contribution >= 0.6 is 0 Å². The first-order valence-corrected chi connectivity index (χ1v) is 4.47. The van der Waals surface area contributed by atoms with E-state index in [2.05, 4.69) is 13.8 Å². The largest absolute Gasteiger partial charge is 1.00 e. The van der Waals surface area contributed by atoms with E-state index < -0.39 is 0 Å². The van der Waals surface area contributed by atoms with Crippen LogP contribution in [0.3, 0.4) is 0 Å². The smallest absolute Gasteiger partial charge is 0.879 e. The van der Waals surface area contributed by atoms with Crippen LogP contribution in [0.5, 0.6) is 0 Å². The van der Waals surface area contributed by atoms with Crippen molar-refractivity contribution in [1.82, 2.24) is 0 Å². The fourth-order valence-corrected chi connectivity index (χ4v) is 1.01. The minimum absolute atomic E-state index is 0. The Morgan fingerprint density at radius 1 is 1.00 bits per heavy atom. The maximum absolute atomic E-state index is 11.0. The van der Waals surface area contributed by atoms with Crippen molar-refractivity contribution in [2.24, 2.45) is 0 Å². The molecule has 0 aliphatic heterocycles. The molecule has 0 aromatic heterocycles. The van der Waals surface area contributed by atoms with Crippen molar-refractivity contribution in [2.45, 2.75) is 52.2 Å². The Balaban J connectivity index is 0. The Morgan fingerprint density at radius 3 is 1.64 bits per heavy atom. The summed E-state index contributed by atoms with van der Waals surface area (Å²) in [6.07, 6.45) is 6.30. The first-order valence-electron chi connectivity index (χ1n) is 4.47. The van der Waals surface area contributed by atoms with E-state index >= 15 is 0 Å². The van der Waals surface area contributed by atoms with Crippen LogP contribution in [0.15, 0.2) is 0 Å². The molecule has 60 valence electrons. The molecule has 0 spiro atoms. The Morgan fingerprint density at radius 2 is 1.36 bits per heavy atom. The molecule has 0 rings (SSSR count). The zero-order valence-electron chi connectivity index (χ0n) is 8.23. The van der Waals surface area contributed by atoms with Gasteiger partial charge in [-0.15, -0.1) is 0 Å². The van der Waals surface area contributed by atoms with Gasteiger partial charge in [-0.2, -0.15) is 0 Å². The van der Waals surface area contributed by atoms with Crippen LogP contribution in [0.1, 0.15) is 39.5 Å². The van der Waals surface area contributed by atoms with E-state index in [0.29, 0.717) is 0 Å². The molecule has 11 heavy (non-hydrogen) atoms. The van der Waals surface area contributed by atoms with Crippen LogP contribution in [0.2, 0.25) is 12.6 Å². The first kappa shape index (κ1) is 14.5. The molecule has 0 unspecified atom stereocenters. The van der Waals surface area contributed by atoms with Gasteiger partial charge in [-0.25, -0.2) is 0 Å². The minimum Gasteiger partial charge on any atom is -0.879 e. The summed E-state index contributed by atoms with van der Waals surface area (Å²) in [5.41, 5.74) is 0. The molecule has 0 heterocycles. The van der Waals surface area contributed by atoms with Crippen molar-refractivity contribution in [3.8, 4) is 0 Å². The maximum atomic E-state index is 11.0. The molecule has 3 heteroatoms. The summed E-state index contributed by atoms with van der Waals surface area (Å²) < 4.78 is 0. The van der Waals surface area contributed by atoms with E-state index in [0.717, 1.165) is 38.3 Å². The molecular formula is C8H18BNaO. The first-order chi connectivity index (χ1) is 4.81. The van der Waals surface area contributed by atoms with Gasteiger partial charge in [0, 0.05) is 6.92 Å². The zero-order valence-corrected chi connectivity index (χ0v) is 10.2. The molecule has 0 aromatic rings. The van der Waals surface area contributed by atoms with Crippen LogP contribution in [-0.2, 0) is 0 Å². The third-order valence-electron chi connectivity index (χ3n) is 1.76. The molecule has 0 saturated carbocycles. The van der Waals surface area contributed by atoms with Gasteiger partial charge < -0.3 is 5.02 Å². The number of hydrogen-bond donors (Lipinski definition) is 0. The molecular weight excluding hydrogens is 146 g/mol. The molecule has 1 nitrogen and oxygen atoms in total. The van der Waals surface area contributed by atoms with Crippen LogP contribution in [0.25, 0.3) is 0 Å². The van der Waals surface area contributed by atoms with Crippen molar-refractivity contribution in [3.05, 3.63) is 0 Å². The maximum Gasteiger partial charge on any atom is 1.00 e. The van der Waals surface area contributed by atoms with E-state index in [-0.39, 0.29) is 36.5 Å². The molecule has 0 bridgehead atoms. The molecule has 0 fully saturated rings. The summed E-state index contributed by atoms with van der Waals surface area (Å²) in [5.74, 6) is 0. The quantitative estimate of drug-likeness (QED) is 0.459. The second-order valence-electron chi connectivity index (χ2n) is 2.91. The predicted molar refractivity (Wildman–Crippen MR) is 45.2 cm³/mol. The number of unbranched alkanes of at least 4 members (excludes halogenated alkanes) is 2. The molecule has 0 N–H and O–H groups in total. The second kappa shape index (κ2) is 11.0. The SMILES string of the molecule is CCCCB([O-])CCCC.[Na+]. The summed E-state index contributed by atoms with van der Waals surface area (Å²) in [6, 6.07) is 0. The molecule has 0 aromatic carbocycles. The standard InChI is InChI=1S/C8H18BO.Na/c1-3-5-7-9(10)8-6-4-2;/h3-8H2,1-2H3;/q-1;+1. The van der Waals surface area contributed by atoms with Crippen molar-refractivity contribution in [2.75, 3.05) is 0 Å². The molecule has 0 atom stereocenters. The van der Waals surface area contributed by atoms with E-state index in [1.165, 1.54) is 0 Å². The fraction of sp³-hybridized carbons (Fsp3) is 1.00. The minimum atomic E-state index is -0.278. The molecule has 0 radical (unpaired) electrons.